The van der Waals surface area contributed by atoms with E-state index in [-0.39, 0.29) is 12.5 Å². The number of halogens is 1. The van der Waals surface area contributed by atoms with Gasteiger partial charge in [-0.05, 0) is 54.8 Å². The molecule has 0 bridgehead atoms. The second-order valence-corrected chi connectivity index (χ2v) is 5.39. The molecule has 0 saturated carbocycles. The topological polar surface area (TPSA) is 50.7 Å². The quantitative estimate of drug-likeness (QED) is 0.678. The van der Waals surface area contributed by atoms with Crippen LogP contribution in [0.15, 0.2) is 47.6 Å². The molecule has 114 valence electrons. The van der Waals surface area contributed by atoms with Crippen LogP contribution in [-0.2, 0) is 4.79 Å². The smallest absolute Gasteiger partial charge is 0.277 e. The maximum Gasteiger partial charge on any atom is 0.277 e. The lowest BCUT2D eigenvalue weighted by Crippen LogP contribution is -2.24. The van der Waals surface area contributed by atoms with Gasteiger partial charge in [0.25, 0.3) is 5.91 Å². The van der Waals surface area contributed by atoms with Crippen LogP contribution < -0.4 is 10.2 Å². The number of amides is 1. The van der Waals surface area contributed by atoms with Crippen LogP contribution in [0.3, 0.4) is 0 Å². The number of nitrogens with one attached hydrogen (secondary N) is 1. The molecule has 2 aromatic rings. The highest BCUT2D eigenvalue weighted by molar-refractivity contribution is 6.30. The van der Waals surface area contributed by atoms with Gasteiger partial charge in [0.15, 0.2) is 6.61 Å². The fraction of sp³-hybridized carbons (Fsp3) is 0.176. The summed E-state index contributed by atoms with van der Waals surface area (Å²) in [5, 5.41) is 4.53. The number of hydrogen-bond acceptors (Lipinski definition) is 3. The SMILES string of the molecule is Cc1cc(C)cc(OCC(=O)N/N=C\c2ccc(Cl)cc2)c1. The van der Waals surface area contributed by atoms with Crippen molar-refractivity contribution in [1.29, 1.82) is 0 Å². The second-order valence-electron chi connectivity index (χ2n) is 4.96. The van der Waals surface area contributed by atoms with Gasteiger partial charge in [0.2, 0.25) is 0 Å². The lowest BCUT2D eigenvalue weighted by Gasteiger charge is -2.07. The van der Waals surface area contributed by atoms with Gasteiger partial charge in [0.05, 0.1) is 6.21 Å². The summed E-state index contributed by atoms with van der Waals surface area (Å²) in [4.78, 5) is 11.7. The Balaban J connectivity index is 1.81. The zero-order valence-corrected chi connectivity index (χ0v) is 13.2. The van der Waals surface area contributed by atoms with E-state index in [1.54, 1.807) is 18.3 Å². The summed E-state index contributed by atoms with van der Waals surface area (Å²) in [6.45, 7) is 3.88. The number of aryl methyl sites for hydroxylation is 2. The predicted molar refractivity (Wildman–Crippen MR) is 88.6 cm³/mol. The van der Waals surface area contributed by atoms with E-state index in [4.69, 9.17) is 16.3 Å². The number of carbonyl (C=O) groups excluding carboxylic acids is 1. The molecule has 5 heteroatoms. The van der Waals surface area contributed by atoms with Gasteiger partial charge in [0.1, 0.15) is 5.75 Å². The highest BCUT2D eigenvalue weighted by atomic mass is 35.5. The number of carbonyl (C=O) groups is 1. The van der Waals surface area contributed by atoms with Gasteiger partial charge >= 0.3 is 0 Å². The van der Waals surface area contributed by atoms with E-state index in [9.17, 15) is 4.79 Å². The Morgan fingerprint density at radius 1 is 1.18 bits per heavy atom. The van der Waals surface area contributed by atoms with Gasteiger partial charge in [-0.15, -0.1) is 0 Å². The zero-order chi connectivity index (χ0) is 15.9. The highest BCUT2D eigenvalue weighted by Gasteiger charge is 2.02. The number of nitrogens with zero attached hydrogens (tertiary/aromatic N) is 1. The molecule has 0 aliphatic heterocycles. The fourth-order valence-corrected chi connectivity index (χ4v) is 2.05. The Labute approximate surface area is 134 Å². The van der Waals surface area contributed by atoms with E-state index >= 15 is 0 Å². The molecule has 4 nitrogen and oxygen atoms in total. The zero-order valence-electron chi connectivity index (χ0n) is 12.5. The first-order chi connectivity index (χ1) is 10.5. The minimum atomic E-state index is -0.315. The maximum atomic E-state index is 11.7. The lowest BCUT2D eigenvalue weighted by molar-refractivity contribution is -0.123. The first kappa shape index (κ1) is 16.0. The third kappa shape index (κ3) is 5.22. The number of rotatable bonds is 5. The maximum absolute atomic E-state index is 11.7. The van der Waals surface area contributed by atoms with Gasteiger partial charge in [-0.3, -0.25) is 4.79 Å². The summed E-state index contributed by atoms with van der Waals surface area (Å²) < 4.78 is 5.44. The van der Waals surface area contributed by atoms with E-state index in [0.717, 1.165) is 16.7 Å². The molecule has 0 spiro atoms. The molecule has 0 heterocycles. The Hall–Kier alpha value is -2.33. The van der Waals surface area contributed by atoms with E-state index in [1.165, 1.54) is 0 Å². The molecule has 2 rings (SSSR count). The van der Waals surface area contributed by atoms with Crippen molar-refractivity contribution in [3.8, 4) is 5.75 Å². The van der Waals surface area contributed by atoms with Gasteiger partial charge in [-0.25, -0.2) is 5.43 Å². The van der Waals surface area contributed by atoms with Crippen LogP contribution in [0.5, 0.6) is 5.75 Å². The van der Waals surface area contributed by atoms with Crippen LogP contribution in [0, 0.1) is 13.8 Å². The molecule has 1 N–H and O–H groups in total. The molecule has 0 aliphatic rings. The third-order valence-electron chi connectivity index (χ3n) is 2.84. The Bertz CT molecular complexity index is 661. The van der Waals surface area contributed by atoms with Crippen LogP contribution in [0.1, 0.15) is 16.7 Å². The first-order valence-corrected chi connectivity index (χ1v) is 7.19. The average Bonchev–Trinajstić information content (AvgIpc) is 2.46. The van der Waals surface area contributed by atoms with Crippen molar-refractivity contribution in [2.24, 2.45) is 5.10 Å². The standard InChI is InChI=1S/C17H17ClN2O2/c1-12-7-13(2)9-16(8-12)22-11-17(21)20-19-10-14-3-5-15(18)6-4-14/h3-10H,11H2,1-2H3,(H,20,21)/b19-10-. The van der Waals surface area contributed by atoms with Crippen LogP contribution in [-0.4, -0.2) is 18.7 Å². The second kappa shape index (κ2) is 7.61. The molecule has 2 aromatic carbocycles. The minimum absolute atomic E-state index is 0.0825. The van der Waals surface area contributed by atoms with E-state index < -0.39 is 0 Å². The number of hydrazone groups is 1. The van der Waals surface area contributed by atoms with Crippen molar-refractivity contribution in [2.45, 2.75) is 13.8 Å². The first-order valence-electron chi connectivity index (χ1n) is 6.81. The average molecular weight is 317 g/mol. The van der Waals surface area contributed by atoms with Gasteiger partial charge in [-0.1, -0.05) is 29.8 Å². The minimum Gasteiger partial charge on any atom is -0.484 e. The van der Waals surface area contributed by atoms with Crippen LogP contribution >= 0.6 is 11.6 Å². The van der Waals surface area contributed by atoms with Crippen molar-refractivity contribution in [3.05, 3.63) is 64.2 Å². The van der Waals surface area contributed by atoms with Crippen molar-refractivity contribution in [2.75, 3.05) is 6.61 Å². The molecule has 0 unspecified atom stereocenters. The van der Waals surface area contributed by atoms with Gasteiger partial charge in [-0.2, -0.15) is 5.10 Å². The normalized spacial score (nSPS) is 10.7. The summed E-state index contributed by atoms with van der Waals surface area (Å²) in [6, 6.07) is 13.0. The molecule has 22 heavy (non-hydrogen) atoms. The summed E-state index contributed by atoms with van der Waals surface area (Å²) in [5.41, 5.74) is 5.45. The summed E-state index contributed by atoms with van der Waals surface area (Å²) in [7, 11) is 0. The van der Waals surface area contributed by atoms with E-state index in [0.29, 0.717) is 10.8 Å². The van der Waals surface area contributed by atoms with Crippen LogP contribution in [0.25, 0.3) is 0 Å². The molecule has 0 atom stereocenters. The predicted octanol–water partition coefficient (Wildman–Crippen LogP) is 3.49. The van der Waals surface area contributed by atoms with Gasteiger partial charge < -0.3 is 4.74 Å². The van der Waals surface area contributed by atoms with Crippen molar-refractivity contribution >= 4 is 23.7 Å². The summed E-state index contributed by atoms with van der Waals surface area (Å²) in [6.07, 6.45) is 1.55. The number of hydrogen-bond donors (Lipinski definition) is 1. The Morgan fingerprint density at radius 2 is 1.82 bits per heavy atom. The van der Waals surface area contributed by atoms with Crippen LogP contribution in [0.2, 0.25) is 5.02 Å². The van der Waals surface area contributed by atoms with Crippen molar-refractivity contribution < 1.29 is 9.53 Å². The largest absolute Gasteiger partial charge is 0.484 e. The molecule has 0 saturated heterocycles. The molecule has 1 amide bonds. The monoisotopic (exact) mass is 316 g/mol. The molecule has 0 radical (unpaired) electrons. The third-order valence-corrected chi connectivity index (χ3v) is 3.09. The molecule has 0 aromatic heterocycles. The van der Waals surface area contributed by atoms with Crippen molar-refractivity contribution in [1.82, 2.24) is 5.43 Å². The molecule has 0 aliphatic carbocycles. The molecular weight excluding hydrogens is 300 g/mol. The number of benzene rings is 2. The van der Waals surface area contributed by atoms with Crippen molar-refractivity contribution in [3.63, 3.8) is 0 Å². The highest BCUT2D eigenvalue weighted by Crippen LogP contribution is 2.15. The molecular formula is C17H17ClN2O2. The Kier molecular flexibility index (Phi) is 5.55. The number of ether oxygens (including phenoxy) is 1. The van der Waals surface area contributed by atoms with E-state index in [1.807, 2.05) is 44.2 Å². The van der Waals surface area contributed by atoms with E-state index in [2.05, 4.69) is 10.5 Å². The summed E-state index contributed by atoms with van der Waals surface area (Å²) in [5.74, 6) is 0.360. The molecule has 0 fully saturated rings. The lowest BCUT2D eigenvalue weighted by atomic mass is 10.1. The fourth-order valence-electron chi connectivity index (χ4n) is 1.93. The van der Waals surface area contributed by atoms with Gasteiger partial charge in [0, 0.05) is 5.02 Å². The van der Waals surface area contributed by atoms with Crippen LogP contribution in [0.4, 0.5) is 0 Å². The Morgan fingerprint density at radius 3 is 2.45 bits per heavy atom. The summed E-state index contributed by atoms with van der Waals surface area (Å²) >= 11 is 5.79.